The number of phenolic OH excluding ortho intramolecular Hbond substituents is 1. The Bertz CT molecular complexity index is 1170. The van der Waals surface area contributed by atoms with Gasteiger partial charge in [0.25, 0.3) is 0 Å². The Balaban J connectivity index is 1.43. The lowest BCUT2D eigenvalue weighted by Gasteiger charge is -2.30. The van der Waals surface area contributed by atoms with Crippen LogP contribution in [0, 0.1) is 5.41 Å². The van der Waals surface area contributed by atoms with Gasteiger partial charge in [-0.05, 0) is 41.5 Å². The summed E-state index contributed by atoms with van der Waals surface area (Å²) >= 11 is 1.12. The molecule has 0 saturated heterocycles. The van der Waals surface area contributed by atoms with Gasteiger partial charge in [0.2, 0.25) is 5.91 Å². The number of H-pyrrole nitrogens is 1. The number of thiazole rings is 1. The number of rotatable bonds is 13. The second-order valence-corrected chi connectivity index (χ2v) is 11.6. The van der Waals surface area contributed by atoms with Crippen LogP contribution in [-0.4, -0.2) is 60.2 Å². The fourth-order valence-electron chi connectivity index (χ4n) is 4.27. The Morgan fingerprint density at radius 2 is 1.83 bits per heavy atom. The third-order valence-electron chi connectivity index (χ3n) is 6.12. The van der Waals surface area contributed by atoms with E-state index in [1.807, 2.05) is 17.0 Å². The zero-order valence-electron chi connectivity index (χ0n) is 21.9. The largest absolute Gasteiger partial charge is 0.506 e. The van der Waals surface area contributed by atoms with Crippen molar-refractivity contribution in [3.05, 3.63) is 63.3 Å². The number of nitrogens with zero attached hydrogens (tertiary/aromatic N) is 1. The molecule has 1 atom stereocenters. The number of fused-ring (bicyclic) bond motifs is 1. The normalized spacial score (nSPS) is 12.7. The number of aromatic amines is 1. The van der Waals surface area contributed by atoms with Gasteiger partial charge in [0.05, 0.1) is 4.70 Å². The number of aromatic nitrogens is 1. The lowest BCUT2D eigenvalue weighted by Crippen LogP contribution is -2.42. The first-order valence-electron chi connectivity index (χ1n) is 12.7. The van der Waals surface area contributed by atoms with Crippen molar-refractivity contribution in [2.45, 2.75) is 46.5 Å². The minimum absolute atomic E-state index is 0.0221. The summed E-state index contributed by atoms with van der Waals surface area (Å²) in [4.78, 5) is 29.2. The van der Waals surface area contributed by atoms with E-state index < -0.39 is 0 Å². The van der Waals surface area contributed by atoms with Gasteiger partial charge in [0.15, 0.2) is 0 Å². The molecule has 1 heterocycles. The molecule has 0 saturated carbocycles. The van der Waals surface area contributed by atoms with Crippen molar-refractivity contribution in [1.82, 2.24) is 20.5 Å². The smallest absolute Gasteiger partial charge is 0.305 e. The molecule has 0 aliphatic carbocycles. The van der Waals surface area contributed by atoms with E-state index in [2.05, 4.69) is 67.6 Å². The molecule has 0 aliphatic heterocycles. The SMILES string of the molecule is CC(CNCCC(=O)N(CCNCCc1ccc(O)c2[nH]c(=O)sc12)CC(C)(C)C)c1ccccc1. The van der Waals surface area contributed by atoms with Gasteiger partial charge in [-0.3, -0.25) is 9.59 Å². The predicted molar refractivity (Wildman–Crippen MR) is 149 cm³/mol. The molecule has 7 nitrogen and oxygen atoms in total. The molecule has 4 N–H and O–H groups in total. The van der Waals surface area contributed by atoms with Crippen molar-refractivity contribution in [3.63, 3.8) is 0 Å². The summed E-state index contributed by atoms with van der Waals surface area (Å²) in [6.07, 6.45) is 1.22. The molecule has 0 fully saturated rings. The topological polar surface area (TPSA) is 97.5 Å². The number of hydrogen-bond donors (Lipinski definition) is 4. The van der Waals surface area contributed by atoms with Crippen LogP contribution in [0.2, 0.25) is 0 Å². The van der Waals surface area contributed by atoms with E-state index in [4.69, 9.17) is 0 Å². The third-order valence-corrected chi connectivity index (χ3v) is 7.08. The monoisotopic (exact) mass is 512 g/mol. The second kappa shape index (κ2) is 13.0. The van der Waals surface area contributed by atoms with Crippen molar-refractivity contribution in [1.29, 1.82) is 0 Å². The summed E-state index contributed by atoms with van der Waals surface area (Å²) in [5.74, 6) is 0.669. The number of phenols is 1. The maximum absolute atomic E-state index is 13.0. The van der Waals surface area contributed by atoms with Crippen LogP contribution in [-0.2, 0) is 11.2 Å². The van der Waals surface area contributed by atoms with Gasteiger partial charge in [0, 0.05) is 39.1 Å². The minimum Gasteiger partial charge on any atom is -0.506 e. The second-order valence-electron chi connectivity index (χ2n) is 10.6. The van der Waals surface area contributed by atoms with Crippen LogP contribution in [0.3, 0.4) is 0 Å². The summed E-state index contributed by atoms with van der Waals surface area (Å²) in [7, 11) is 0. The minimum atomic E-state index is -0.166. The number of amides is 1. The number of aromatic hydroxyl groups is 1. The van der Waals surface area contributed by atoms with E-state index in [-0.39, 0.29) is 21.9 Å². The average molecular weight is 513 g/mol. The van der Waals surface area contributed by atoms with E-state index in [0.717, 1.165) is 41.1 Å². The van der Waals surface area contributed by atoms with Crippen molar-refractivity contribution in [2.75, 3.05) is 39.3 Å². The maximum Gasteiger partial charge on any atom is 0.305 e. The zero-order chi connectivity index (χ0) is 26.1. The van der Waals surface area contributed by atoms with Crippen LogP contribution in [0.15, 0.2) is 47.3 Å². The van der Waals surface area contributed by atoms with Crippen LogP contribution >= 0.6 is 11.3 Å². The van der Waals surface area contributed by atoms with Gasteiger partial charge in [-0.15, -0.1) is 0 Å². The molecule has 196 valence electrons. The van der Waals surface area contributed by atoms with Crippen LogP contribution in [0.5, 0.6) is 5.75 Å². The summed E-state index contributed by atoms with van der Waals surface area (Å²) in [5.41, 5.74) is 2.86. The fourth-order valence-corrected chi connectivity index (χ4v) is 5.17. The zero-order valence-corrected chi connectivity index (χ0v) is 22.7. The van der Waals surface area contributed by atoms with E-state index in [0.29, 0.717) is 44.0 Å². The van der Waals surface area contributed by atoms with Crippen LogP contribution in [0.1, 0.15) is 51.2 Å². The molecule has 0 spiro atoms. The number of nitrogens with one attached hydrogen (secondary N) is 3. The molecule has 3 aromatic rings. The summed E-state index contributed by atoms with van der Waals surface area (Å²) in [5, 5.41) is 16.8. The first-order chi connectivity index (χ1) is 17.1. The molecule has 3 rings (SSSR count). The van der Waals surface area contributed by atoms with Gasteiger partial charge in [0.1, 0.15) is 11.3 Å². The van der Waals surface area contributed by atoms with Gasteiger partial charge < -0.3 is 25.6 Å². The quantitative estimate of drug-likeness (QED) is 0.259. The number of hydrogen-bond acceptors (Lipinski definition) is 6. The highest BCUT2D eigenvalue weighted by atomic mass is 32.1. The van der Waals surface area contributed by atoms with Crippen molar-refractivity contribution in [2.24, 2.45) is 5.41 Å². The van der Waals surface area contributed by atoms with Gasteiger partial charge in [-0.2, -0.15) is 0 Å². The first kappa shape index (κ1) is 27.9. The highest BCUT2D eigenvalue weighted by Crippen LogP contribution is 2.27. The summed E-state index contributed by atoms with van der Waals surface area (Å²) in [6, 6.07) is 13.9. The van der Waals surface area contributed by atoms with Crippen LogP contribution < -0.4 is 15.5 Å². The summed E-state index contributed by atoms with van der Waals surface area (Å²) < 4.78 is 0.806. The molecule has 8 heteroatoms. The molecule has 36 heavy (non-hydrogen) atoms. The van der Waals surface area contributed by atoms with Gasteiger partial charge in [-0.1, -0.05) is 75.4 Å². The van der Waals surface area contributed by atoms with Gasteiger partial charge >= 0.3 is 4.87 Å². The molecule has 0 aliphatic rings. The molecule has 1 aromatic heterocycles. The molecule has 1 amide bonds. The van der Waals surface area contributed by atoms with E-state index in [9.17, 15) is 14.7 Å². The van der Waals surface area contributed by atoms with Gasteiger partial charge in [-0.25, -0.2) is 0 Å². The molecular weight excluding hydrogens is 472 g/mol. The Morgan fingerprint density at radius 3 is 2.56 bits per heavy atom. The molecule has 0 bridgehead atoms. The Morgan fingerprint density at radius 1 is 1.08 bits per heavy atom. The Kier molecular flexibility index (Phi) is 10.1. The maximum atomic E-state index is 13.0. The predicted octanol–water partition coefficient (Wildman–Crippen LogP) is 4.09. The lowest BCUT2D eigenvalue weighted by atomic mass is 9.96. The highest BCUT2D eigenvalue weighted by Gasteiger charge is 2.20. The first-order valence-corrected chi connectivity index (χ1v) is 13.5. The van der Waals surface area contributed by atoms with E-state index >= 15 is 0 Å². The number of carbonyl (C=O) groups is 1. The van der Waals surface area contributed by atoms with Crippen LogP contribution in [0.25, 0.3) is 10.2 Å². The van der Waals surface area contributed by atoms with Crippen LogP contribution in [0.4, 0.5) is 0 Å². The molecule has 0 radical (unpaired) electrons. The van der Waals surface area contributed by atoms with Crippen molar-refractivity contribution < 1.29 is 9.90 Å². The highest BCUT2D eigenvalue weighted by molar-refractivity contribution is 7.16. The number of benzene rings is 2. The molecular formula is C28H40N4O3S. The third kappa shape index (κ3) is 8.47. The van der Waals surface area contributed by atoms with E-state index in [1.165, 1.54) is 5.56 Å². The Labute approximate surface area is 217 Å². The van der Waals surface area contributed by atoms with Crippen molar-refractivity contribution in [3.8, 4) is 5.75 Å². The average Bonchev–Trinajstić information content (AvgIpc) is 3.24. The number of carbonyl (C=O) groups excluding carboxylic acids is 1. The lowest BCUT2D eigenvalue weighted by molar-refractivity contribution is -0.132. The van der Waals surface area contributed by atoms with Crippen molar-refractivity contribution >= 4 is 27.5 Å². The van der Waals surface area contributed by atoms with E-state index in [1.54, 1.807) is 6.07 Å². The molecule has 1 unspecified atom stereocenters. The summed E-state index contributed by atoms with van der Waals surface area (Å²) in [6.45, 7) is 13.0. The standard InChI is InChI=1S/C28H40N4O3S/c1-20(21-8-6-5-7-9-21)18-30-15-13-24(34)32(19-28(2,3)4)17-16-29-14-12-22-10-11-23(33)25-26(22)36-27(35)31-25/h5-11,20,29-30,33H,12-19H2,1-4H3,(H,31,35). The molecule has 2 aromatic carbocycles. The fraction of sp³-hybridized carbons (Fsp3) is 0.500. The Hall–Kier alpha value is -2.68.